The molecule has 0 aliphatic rings. The van der Waals surface area contributed by atoms with Crippen molar-refractivity contribution < 1.29 is 29.4 Å². The number of halogens is 2. The first-order chi connectivity index (χ1) is 16.0. The number of carboxylic acid groups (broad SMARTS) is 2. The molecule has 0 atom stereocenters. The Balaban J connectivity index is 2.25. The highest BCUT2D eigenvalue weighted by Crippen LogP contribution is 2.48. The Bertz CT molecular complexity index is 1660. The van der Waals surface area contributed by atoms with Crippen LogP contribution in [0.3, 0.4) is 0 Å². The van der Waals surface area contributed by atoms with Crippen molar-refractivity contribution in [1.82, 2.24) is 0 Å². The standard InChI is InChI=1S/C24H12Br2N2O6/c25-13-5-11(22(28)30)15-9(21(27)29)3-1-7-18-14(26)6-12(24(33)34)16-10(23(31)32)4-2-8(20(16)18)17(13)19(7)15/h1-6H,(H2,27,29)(H2,28,30)(H,31,32)(H,33,34). The van der Waals surface area contributed by atoms with Crippen molar-refractivity contribution >= 4 is 98.7 Å². The van der Waals surface area contributed by atoms with Gasteiger partial charge in [0.15, 0.2) is 0 Å². The predicted octanol–water partition coefficient (Wildman–Crippen LogP) is 4.86. The van der Waals surface area contributed by atoms with Crippen LogP contribution in [0, 0.1) is 0 Å². The summed E-state index contributed by atoms with van der Waals surface area (Å²) in [6.07, 6.45) is 0. The monoisotopic (exact) mass is 582 g/mol. The van der Waals surface area contributed by atoms with Gasteiger partial charge in [-0.25, -0.2) is 9.59 Å². The van der Waals surface area contributed by atoms with Gasteiger partial charge in [0.05, 0.1) is 11.1 Å². The van der Waals surface area contributed by atoms with E-state index < -0.39 is 23.8 Å². The van der Waals surface area contributed by atoms with Gasteiger partial charge in [-0.2, -0.15) is 0 Å². The van der Waals surface area contributed by atoms with Gasteiger partial charge < -0.3 is 21.7 Å². The molecule has 0 saturated heterocycles. The molecule has 2 amide bonds. The van der Waals surface area contributed by atoms with E-state index in [2.05, 4.69) is 31.9 Å². The molecule has 34 heavy (non-hydrogen) atoms. The Morgan fingerprint density at radius 3 is 1.41 bits per heavy atom. The molecule has 0 aromatic heterocycles. The highest BCUT2D eigenvalue weighted by Gasteiger charge is 2.27. The molecular formula is C24H12Br2N2O6. The van der Waals surface area contributed by atoms with Crippen molar-refractivity contribution in [1.29, 1.82) is 0 Å². The highest BCUT2D eigenvalue weighted by atomic mass is 79.9. The molecule has 8 nitrogen and oxygen atoms in total. The van der Waals surface area contributed by atoms with E-state index in [0.717, 1.165) is 0 Å². The summed E-state index contributed by atoms with van der Waals surface area (Å²) in [5, 5.41) is 23.1. The number of aromatic carboxylic acids is 2. The van der Waals surface area contributed by atoms with Crippen molar-refractivity contribution in [3.8, 4) is 0 Å². The van der Waals surface area contributed by atoms with Crippen LogP contribution in [0.25, 0.3) is 43.1 Å². The lowest BCUT2D eigenvalue weighted by Crippen LogP contribution is -2.17. The van der Waals surface area contributed by atoms with E-state index in [9.17, 15) is 29.4 Å². The molecule has 10 heteroatoms. The fraction of sp³-hybridized carbons (Fsp3) is 0. The molecular weight excluding hydrogens is 572 g/mol. The first-order valence-corrected chi connectivity index (χ1v) is 11.3. The van der Waals surface area contributed by atoms with Gasteiger partial charge in [-0.15, -0.1) is 0 Å². The number of hydrogen-bond donors (Lipinski definition) is 4. The minimum atomic E-state index is -1.28. The fourth-order valence-corrected chi connectivity index (χ4v) is 6.04. The molecule has 0 saturated carbocycles. The number of nitrogens with two attached hydrogens (primary N) is 2. The van der Waals surface area contributed by atoms with Gasteiger partial charge in [-0.05, 0) is 35.0 Å². The van der Waals surface area contributed by atoms with Crippen LogP contribution in [0.5, 0.6) is 0 Å². The summed E-state index contributed by atoms with van der Waals surface area (Å²) in [6.45, 7) is 0. The summed E-state index contributed by atoms with van der Waals surface area (Å²) in [4.78, 5) is 48.7. The van der Waals surface area contributed by atoms with Crippen LogP contribution >= 0.6 is 31.9 Å². The van der Waals surface area contributed by atoms with Crippen molar-refractivity contribution in [2.75, 3.05) is 0 Å². The molecule has 0 fully saturated rings. The molecule has 0 aliphatic heterocycles. The van der Waals surface area contributed by atoms with Crippen LogP contribution in [0.15, 0.2) is 45.3 Å². The third-order valence-electron chi connectivity index (χ3n) is 6.00. The first kappa shape index (κ1) is 22.1. The Hall–Kier alpha value is -3.76. The summed E-state index contributed by atoms with van der Waals surface area (Å²) in [7, 11) is 0. The second-order valence-corrected chi connectivity index (χ2v) is 9.43. The maximum Gasteiger partial charge on any atom is 0.336 e. The third-order valence-corrected chi connectivity index (χ3v) is 7.25. The summed E-state index contributed by atoms with van der Waals surface area (Å²) in [6, 6.07) is 8.86. The normalized spacial score (nSPS) is 11.6. The van der Waals surface area contributed by atoms with E-state index in [1.54, 1.807) is 12.1 Å². The molecule has 0 heterocycles. The molecule has 0 unspecified atom stereocenters. The summed E-state index contributed by atoms with van der Waals surface area (Å²) in [5.74, 6) is -4.07. The molecule has 0 aliphatic carbocycles. The van der Waals surface area contributed by atoms with Crippen molar-refractivity contribution in [3.05, 3.63) is 67.6 Å². The Kier molecular flexibility index (Phi) is 4.78. The SMILES string of the molecule is NC(=O)c1ccc2c3c(Br)cc(C(=O)O)c4c(C(=O)O)ccc(c5c(Br)cc(C(N)=O)c1c25)c43. The molecule has 0 spiro atoms. The first-order valence-electron chi connectivity index (χ1n) is 9.70. The van der Waals surface area contributed by atoms with E-state index in [0.29, 0.717) is 41.3 Å². The third kappa shape index (κ3) is 2.82. The zero-order valence-corrected chi connectivity index (χ0v) is 20.1. The number of hydrogen-bond acceptors (Lipinski definition) is 4. The number of amides is 2. The molecule has 0 bridgehead atoms. The Morgan fingerprint density at radius 1 is 0.559 bits per heavy atom. The maximum absolute atomic E-state index is 12.3. The van der Waals surface area contributed by atoms with Crippen LogP contribution in [-0.2, 0) is 0 Å². The summed E-state index contributed by atoms with van der Waals surface area (Å²) >= 11 is 6.94. The Labute approximate surface area is 206 Å². The molecule has 5 aromatic carbocycles. The average molecular weight is 584 g/mol. The van der Waals surface area contributed by atoms with Crippen LogP contribution in [0.1, 0.15) is 41.4 Å². The van der Waals surface area contributed by atoms with Crippen molar-refractivity contribution in [2.24, 2.45) is 11.5 Å². The lowest BCUT2D eigenvalue weighted by molar-refractivity contribution is 0.0695. The lowest BCUT2D eigenvalue weighted by atomic mass is 9.84. The van der Waals surface area contributed by atoms with Gasteiger partial charge in [-0.1, -0.05) is 44.0 Å². The Morgan fingerprint density at radius 2 is 0.971 bits per heavy atom. The van der Waals surface area contributed by atoms with Crippen LogP contribution < -0.4 is 11.5 Å². The van der Waals surface area contributed by atoms with Gasteiger partial charge in [-0.3, -0.25) is 9.59 Å². The van der Waals surface area contributed by atoms with E-state index in [4.69, 9.17) is 11.5 Å². The largest absolute Gasteiger partial charge is 0.478 e. The molecule has 6 N–H and O–H groups in total. The lowest BCUT2D eigenvalue weighted by Gasteiger charge is -2.20. The molecule has 168 valence electrons. The van der Waals surface area contributed by atoms with Crippen LogP contribution in [0.2, 0.25) is 0 Å². The van der Waals surface area contributed by atoms with Gasteiger partial charge in [0.1, 0.15) is 0 Å². The smallest absolute Gasteiger partial charge is 0.336 e. The highest BCUT2D eigenvalue weighted by molar-refractivity contribution is 9.11. The van der Waals surface area contributed by atoms with Gasteiger partial charge in [0.25, 0.3) is 0 Å². The average Bonchev–Trinajstić information content (AvgIpc) is 2.77. The van der Waals surface area contributed by atoms with Crippen molar-refractivity contribution in [3.63, 3.8) is 0 Å². The minimum absolute atomic E-state index is 0.0688. The second kappa shape index (κ2) is 7.37. The van der Waals surface area contributed by atoms with Gasteiger partial charge in [0, 0.05) is 52.4 Å². The minimum Gasteiger partial charge on any atom is -0.478 e. The van der Waals surface area contributed by atoms with E-state index >= 15 is 0 Å². The topological polar surface area (TPSA) is 161 Å². The maximum atomic E-state index is 12.3. The van der Waals surface area contributed by atoms with Gasteiger partial charge in [0.2, 0.25) is 11.8 Å². The zero-order valence-electron chi connectivity index (χ0n) is 16.9. The molecule has 5 aromatic rings. The second-order valence-electron chi connectivity index (χ2n) is 7.72. The number of carboxylic acids is 2. The number of fused-ring (bicyclic) bond motifs is 2. The van der Waals surface area contributed by atoms with E-state index in [-0.39, 0.29) is 33.0 Å². The van der Waals surface area contributed by atoms with E-state index in [1.807, 2.05) is 0 Å². The molecule has 0 radical (unpaired) electrons. The fourth-order valence-electron chi connectivity index (χ4n) is 4.75. The quantitative estimate of drug-likeness (QED) is 0.174. The van der Waals surface area contributed by atoms with Gasteiger partial charge >= 0.3 is 11.9 Å². The summed E-state index contributed by atoms with van der Waals surface area (Å²) < 4.78 is 0.865. The van der Waals surface area contributed by atoms with Crippen LogP contribution in [0.4, 0.5) is 0 Å². The van der Waals surface area contributed by atoms with Crippen LogP contribution in [-0.4, -0.2) is 34.0 Å². The predicted molar refractivity (Wildman–Crippen MR) is 134 cm³/mol. The number of primary amides is 2. The zero-order chi connectivity index (χ0) is 24.6. The molecule has 5 rings (SSSR count). The number of carbonyl (C=O) groups excluding carboxylic acids is 2. The van der Waals surface area contributed by atoms with E-state index in [1.165, 1.54) is 24.3 Å². The summed E-state index contributed by atoms with van der Waals surface area (Å²) in [5.41, 5.74) is 11.1. The van der Waals surface area contributed by atoms with Crippen molar-refractivity contribution in [2.45, 2.75) is 0 Å². The number of carbonyl (C=O) groups is 4. The number of rotatable bonds is 4. The number of benzene rings is 5.